The number of benzene rings is 2. The van der Waals surface area contributed by atoms with E-state index < -0.39 is 5.82 Å². The molecule has 1 unspecified atom stereocenters. The zero-order chi connectivity index (χ0) is 21.1. The second kappa shape index (κ2) is 9.10. The topological polar surface area (TPSA) is 51.7 Å². The largest absolute Gasteiger partial charge is 0.364 e. The summed E-state index contributed by atoms with van der Waals surface area (Å²) < 4.78 is 27.1. The average molecular weight is 414 g/mol. The van der Waals surface area contributed by atoms with Crippen LogP contribution in [0.5, 0.6) is 0 Å². The normalized spacial score (nSPS) is 23.3. The SMILES string of the molecule is CN(C)C1=c2ccccc2=NC(N[C@H]2CC[C@@H](NCc3cc(F)ccc3F)CC2)N1. The molecule has 5 nitrogen and oxygen atoms in total. The van der Waals surface area contributed by atoms with Crippen LogP contribution in [0.2, 0.25) is 0 Å². The van der Waals surface area contributed by atoms with Gasteiger partial charge < -0.3 is 15.5 Å². The maximum atomic E-state index is 13.8. The van der Waals surface area contributed by atoms with E-state index in [-0.39, 0.29) is 12.1 Å². The third-order valence-electron chi connectivity index (χ3n) is 5.86. The number of hydrogen-bond acceptors (Lipinski definition) is 5. The molecular formula is C23H29F2N5. The molecule has 1 atom stereocenters. The number of hydrogen-bond donors (Lipinski definition) is 3. The highest BCUT2D eigenvalue weighted by Crippen LogP contribution is 2.20. The first-order chi connectivity index (χ1) is 14.5. The lowest BCUT2D eigenvalue weighted by Crippen LogP contribution is -2.55. The number of rotatable bonds is 6. The third kappa shape index (κ3) is 4.79. The molecule has 1 saturated carbocycles. The first-order valence-corrected chi connectivity index (χ1v) is 10.5. The van der Waals surface area contributed by atoms with E-state index in [4.69, 9.17) is 4.99 Å². The van der Waals surface area contributed by atoms with Crippen molar-refractivity contribution in [3.8, 4) is 0 Å². The van der Waals surface area contributed by atoms with E-state index in [9.17, 15) is 8.78 Å². The lowest BCUT2D eigenvalue weighted by Gasteiger charge is -2.34. The Morgan fingerprint density at radius 1 is 1.03 bits per heavy atom. The zero-order valence-electron chi connectivity index (χ0n) is 17.5. The van der Waals surface area contributed by atoms with Crippen LogP contribution >= 0.6 is 0 Å². The molecule has 2 aromatic rings. The predicted octanol–water partition coefficient (Wildman–Crippen LogP) is 1.79. The minimum absolute atomic E-state index is 0.159. The van der Waals surface area contributed by atoms with Crippen LogP contribution < -0.4 is 26.5 Å². The van der Waals surface area contributed by atoms with E-state index in [1.807, 2.05) is 32.3 Å². The number of para-hydroxylation sites is 1. The number of nitrogens with zero attached hydrogens (tertiary/aromatic N) is 2. The van der Waals surface area contributed by atoms with Crippen molar-refractivity contribution in [2.45, 2.75) is 50.6 Å². The maximum absolute atomic E-state index is 13.8. The Kier molecular flexibility index (Phi) is 6.29. The van der Waals surface area contributed by atoms with Crippen LogP contribution in [0.3, 0.4) is 0 Å². The monoisotopic (exact) mass is 413 g/mol. The van der Waals surface area contributed by atoms with Gasteiger partial charge in [0.05, 0.1) is 5.36 Å². The lowest BCUT2D eigenvalue weighted by molar-refractivity contribution is 0.275. The summed E-state index contributed by atoms with van der Waals surface area (Å²) in [5.74, 6) is 0.295. The van der Waals surface area contributed by atoms with Gasteiger partial charge in [0.2, 0.25) is 0 Å². The Hall–Kier alpha value is -2.51. The van der Waals surface area contributed by atoms with Crippen molar-refractivity contribution >= 4 is 5.82 Å². The summed E-state index contributed by atoms with van der Waals surface area (Å²) in [7, 11) is 4.06. The van der Waals surface area contributed by atoms with E-state index in [0.717, 1.165) is 48.1 Å². The van der Waals surface area contributed by atoms with E-state index in [0.29, 0.717) is 24.2 Å². The summed E-state index contributed by atoms with van der Waals surface area (Å²) in [6.45, 7) is 0.351. The van der Waals surface area contributed by atoms with Gasteiger partial charge >= 0.3 is 0 Å². The molecule has 0 bridgehead atoms. The molecule has 2 aromatic carbocycles. The molecule has 2 aliphatic rings. The number of nitrogens with one attached hydrogen (secondary N) is 3. The molecule has 3 N–H and O–H groups in total. The van der Waals surface area contributed by atoms with Gasteiger partial charge in [-0.15, -0.1) is 0 Å². The Morgan fingerprint density at radius 3 is 2.53 bits per heavy atom. The van der Waals surface area contributed by atoms with E-state index in [1.54, 1.807) is 0 Å². The van der Waals surface area contributed by atoms with Crippen LogP contribution in [-0.2, 0) is 6.54 Å². The van der Waals surface area contributed by atoms with Crippen molar-refractivity contribution in [1.29, 1.82) is 0 Å². The fourth-order valence-electron chi connectivity index (χ4n) is 4.23. The van der Waals surface area contributed by atoms with Crippen molar-refractivity contribution in [2.75, 3.05) is 14.1 Å². The molecule has 0 amide bonds. The Bertz CT molecular complexity index is 999. The smallest absolute Gasteiger partial charge is 0.175 e. The third-order valence-corrected chi connectivity index (χ3v) is 5.86. The van der Waals surface area contributed by atoms with Crippen LogP contribution in [0, 0.1) is 11.6 Å². The quantitative estimate of drug-likeness (QED) is 0.676. The summed E-state index contributed by atoms with van der Waals surface area (Å²) in [4.78, 5) is 6.90. The molecule has 1 heterocycles. The van der Waals surface area contributed by atoms with Gasteiger partial charge in [0.25, 0.3) is 0 Å². The Labute approximate surface area is 175 Å². The molecule has 4 rings (SSSR count). The highest BCUT2D eigenvalue weighted by atomic mass is 19.1. The average Bonchev–Trinajstić information content (AvgIpc) is 2.74. The molecule has 7 heteroatoms. The minimum Gasteiger partial charge on any atom is -0.364 e. The van der Waals surface area contributed by atoms with Crippen molar-refractivity contribution in [3.63, 3.8) is 0 Å². The van der Waals surface area contributed by atoms with Crippen LogP contribution in [0.25, 0.3) is 5.82 Å². The van der Waals surface area contributed by atoms with E-state index in [2.05, 4.69) is 26.9 Å². The van der Waals surface area contributed by atoms with E-state index >= 15 is 0 Å². The first kappa shape index (κ1) is 20.8. The van der Waals surface area contributed by atoms with Gasteiger partial charge in [0.1, 0.15) is 17.5 Å². The summed E-state index contributed by atoms with van der Waals surface area (Å²) in [5.41, 5.74) is 0.380. The Balaban J connectivity index is 1.31. The molecular weight excluding hydrogens is 384 g/mol. The zero-order valence-corrected chi connectivity index (χ0v) is 17.5. The molecule has 160 valence electrons. The van der Waals surface area contributed by atoms with Gasteiger partial charge in [0.15, 0.2) is 6.29 Å². The molecule has 0 saturated heterocycles. The van der Waals surface area contributed by atoms with Crippen molar-refractivity contribution in [2.24, 2.45) is 4.99 Å². The maximum Gasteiger partial charge on any atom is 0.175 e. The molecule has 1 aliphatic carbocycles. The lowest BCUT2D eigenvalue weighted by atomic mass is 9.91. The molecule has 0 aromatic heterocycles. The van der Waals surface area contributed by atoms with Gasteiger partial charge in [0, 0.05) is 43.5 Å². The second-order valence-corrected chi connectivity index (χ2v) is 8.27. The number of fused-ring (bicyclic) bond motifs is 1. The van der Waals surface area contributed by atoms with Crippen molar-refractivity contribution in [1.82, 2.24) is 20.9 Å². The van der Waals surface area contributed by atoms with Gasteiger partial charge in [-0.2, -0.15) is 0 Å². The predicted molar refractivity (Wildman–Crippen MR) is 114 cm³/mol. The minimum atomic E-state index is -0.402. The van der Waals surface area contributed by atoms with Gasteiger partial charge in [-0.25, -0.2) is 13.8 Å². The van der Waals surface area contributed by atoms with Gasteiger partial charge in [-0.05, 0) is 56.0 Å². The Morgan fingerprint density at radius 2 is 1.77 bits per heavy atom. The number of halogens is 2. The standard InChI is InChI=1S/C23H29F2N5/c1-30(2)22-19-5-3-4-6-21(19)28-23(29-22)27-18-10-8-17(9-11-18)26-14-15-13-16(24)7-12-20(15)25/h3-7,12-13,17-18,23,26-27,29H,8-11,14H2,1-2H3/t17-,18+,23?. The second-order valence-electron chi connectivity index (χ2n) is 8.27. The van der Waals surface area contributed by atoms with Gasteiger partial charge in [-0.3, -0.25) is 5.32 Å². The fourth-order valence-corrected chi connectivity index (χ4v) is 4.23. The van der Waals surface area contributed by atoms with Crippen LogP contribution in [0.1, 0.15) is 31.2 Å². The van der Waals surface area contributed by atoms with Crippen LogP contribution in [0.15, 0.2) is 47.5 Å². The van der Waals surface area contributed by atoms with Crippen LogP contribution in [-0.4, -0.2) is 37.4 Å². The molecule has 30 heavy (non-hydrogen) atoms. The summed E-state index contributed by atoms with van der Waals surface area (Å²) in [6, 6.07) is 12.4. The van der Waals surface area contributed by atoms with Crippen molar-refractivity contribution < 1.29 is 8.78 Å². The van der Waals surface area contributed by atoms with E-state index in [1.165, 1.54) is 12.1 Å². The fraction of sp³-hybridized carbons (Fsp3) is 0.435. The summed E-state index contributed by atoms with van der Waals surface area (Å²) >= 11 is 0. The summed E-state index contributed by atoms with van der Waals surface area (Å²) in [6.07, 6.45) is 3.84. The van der Waals surface area contributed by atoms with Gasteiger partial charge in [-0.1, -0.05) is 12.1 Å². The summed E-state index contributed by atoms with van der Waals surface area (Å²) in [5, 5.41) is 12.6. The highest BCUT2D eigenvalue weighted by Gasteiger charge is 2.24. The van der Waals surface area contributed by atoms with Crippen molar-refractivity contribution in [3.05, 3.63) is 70.2 Å². The first-order valence-electron chi connectivity index (χ1n) is 10.5. The molecule has 1 fully saturated rings. The molecule has 0 spiro atoms. The molecule has 0 radical (unpaired) electrons. The highest BCUT2D eigenvalue weighted by molar-refractivity contribution is 5.41. The molecule has 1 aliphatic heterocycles. The van der Waals surface area contributed by atoms with Crippen LogP contribution in [0.4, 0.5) is 8.78 Å².